The molecule has 2 aromatic rings. The van der Waals surface area contributed by atoms with Crippen LogP contribution < -0.4 is 10.1 Å². The second kappa shape index (κ2) is 7.33. The molecule has 0 radical (unpaired) electrons. The molecule has 1 fully saturated rings. The van der Waals surface area contributed by atoms with E-state index in [1.54, 1.807) is 26.3 Å². The zero-order valence-corrected chi connectivity index (χ0v) is 15.5. The van der Waals surface area contributed by atoms with Crippen LogP contribution in [-0.2, 0) is 9.84 Å². The number of rotatable bonds is 5. The predicted molar refractivity (Wildman–Crippen MR) is 99.7 cm³/mol. The van der Waals surface area contributed by atoms with Crippen LogP contribution >= 0.6 is 0 Å². The largest absolute Gasteiger partial charge is 0.495 e. The molecule has 1 saturated heterocycles. The van der Waals surface area contributed by atoms with Crippen LogP contribution in [0.2, 0.25) is 0 Å². The predicted octanol–water partition coefficient (Wildman–Crippen LogP) is 2.09. The van der Waals surface area contributed by atoms with E-state index >= 15 is 0 Å². The highest BCUT2D eigenvalue weighted by molar-refractivity contribution is 7.91. The van der Waals surface area contributed by atoms with Crippen molar-refractivity contribution in [3.63, 3.8) is 0 Å². The number of aromatic nitrogens is 1. The second-order valence-corrected chi connectivity index (χ2v) is 8.46. The second-order valence-electron chi connectivity index (χ2n) is 6.23. The fourth-order valence-corrected chi connectivity index (χ4v) is 4.70. The molecule has 2 heterocycles. The maximum absolute atomic E-state index is 12.6. The molecule has 0 aliphatic carbocycles. The topological polar surface area (TPSA) is 88.6 Å². The normalized spacial score (nSPS) is 18.3. The number of amides is 1. The Hall–Kier alpha value is -2.61. The van der Waals surface area contributed by atoms with E-state index < -0.39 is 9.84 Å². The van der Waals surface area contributed by atoms with Gasteiger partial charge in [0, 0.05) is 19.3 Å². The molecule has 1 aromatic carbocycles. The lowest BCUT2D eigenvalue weighted by molar-refractivity contribution is 0.0747. The molecule has 8 heteroatoms. The van der Waals surface area contributed by atoms with Crippen molar-refractivity contribution >= 4 is 27.2 Å². The Morgan fingerprint density at radius 1 is 1.27 bits per heavy atom. The van der Waals surface area contributed by atoms with Crippen LogP contribution in [0.15, 0.2) is 42.6 Å². The van der Waals surface area contributed by atoms with Crippen LogP contribution in [0.1, 0.15) is 16.8 Å². The van der Waals surface area contributed by atoms with Gasteiger partial charge in [-0.3, -0.25) is 4.79 Å². The maximum atomic E-state index is 12.6. The third-order valence-electron chi connectivity index (χ3n) is 4.46. The molecule has 0 saturated carbocycles. The minimum Gasteiger partial charge on any atom is -0.495 e. The summed E-state index contributed by atoms with van der Waals surface area (Å²) in [5.74, 6) is 1.20. The number of ether oxygens (including phenoxy) is 1. The summed E-state index contributed by atoms with van der Waals surface area (Å²) in [6.45, 7) is 0. The standard InChI is InChI=1S/C18H21N3O4S/c1-21(14-9-10-26(23,24)12-14)18(22)13-7-8-17(19-11-13)20-15-5-3-4-6-16(15)25-2/h3-8,11,14H,9-10,12H2,1-2H3,(H,19,20). The van der Waals surface area contributed by atoms with Gasteiger partial charge in [-0.1, -0.05) is 12.1 Å². The van der Waals surface area contributed by atoms with Crippen LogP contribution in [0.4, 0.5) is 11.5 Å². The lowest BCUT2D eigenvalue weighted by atomic mass is 10.2. The number of pyridine rings is 1. The molecule has 26 heavy (non-hydrogen) atoms. The van der Waals surface area contributed by atoms with Gasteiger partial charge in [-0.15, -0.1) is 0 Å². The number of nitrogens with one attached hydrogen (secondary N) is 1. The van der Waals surface area contributed by atoms with Crippen LogP contribution in [-0.4, -0.2) is 55.9 Å². The smallest absolute Gasteiger partial charge is 0.255 e. The van der Waals surface area contributed by atoms with E-state index in [9.17, 15) is 13.2 Å². The first-order valence-electron chi connectivity index (χ1n) is 8.23. The Morgan fingerprint density at radius 3 is 2.65 bits per heavy atom. The van der Waals surface area contributed by atoms with E-state index in [0.29, 0.717) is 23.6 Å². The summed E-state index contributed by atoms with van der Waals surface area (Å²) in [5.41, 5.74) is 1.19. The molecule has 1 aliphatic heterocycles. The average Bonchev–Trinajstić information content (AvgIpc) is 3.01. The number of carbonyl (C=O) groups excluding carboxylic acids is 1. The van der Waals surface area contributed by atoms with Crippen molar-refractivity contribution in [2.75, 3.05) is 31.0 Å². The SMILES string of the molecule is COc1ccccc1Nc1ccc(C(=O)N(C)C2CCS(=O)(=O)C2)cn1. The number of methoxy groups -OCH3 is 1. The number of benzene rings is 1. The van der Waals surface area contributed by atoms with Crippen molar-refractivity contribution in [2.45, 2.75) is 12.5 Å². The molecule has 1 aromatic heterocycles. The lowest BCUT2D eigenvalue weighted by Crippen LogP contribution is -2.37. The molecule has 1 atom stereocenters. The molecule has 138 valence electrons. The Kier molecular flexibility index (Phi) is 5.13. The lowest BCUT2D eigenvalue weighted by Gasteiger charge is -2.23. The van der Waals surface area contributed by atoms with Crippen molar-refractivity contribution in [2.24, 2.45) is 0 Å². The number of anilines is 2. The van der Waals surface area contributed by atoms with Gasteiger partial charge in [0.2, 0.25) is 0 Å². The van der Waals surface area contributed by atoms with Crippen LogP contribution in [0.5, 0.6) is 5.75 Å². The van der Waals surface area contributed by atoms with E-state index in [1.807, 2.05) is 24.3 Å². The number of carbonyl (C=O) groups is 1. The van der Waals surface area contributed by atoms with Gasteiger partial charge in [-0.25, -0.2) is 13.4 Å². The third-order valence-corrected chi connectivity index (χ3v) is 6.21. The molecule has 1 aliphatic rings. The maximum Gasteiger partial charge on any atom is 0.255 e. The summed E-state index contributed by atoms with van der Waals surface area (Å²) >= 11 is 0. The van der Waals surface area contributed by atoms with E-state index in [0.717, 1.165) is 5.69 Å². The van der Waals surface area contributed by atoms with Crippen LogP contribution in [0.25, 0.3) is 0 Å². The molecule has 0 bridgehead atoms. The van der Waals surface area contributed by atoms with Crippen LogP contribution in [0, 0.1) is 0 Å². The van der Waals surface area contributed by atoms with Gasteiger partial charge in [-0.05, 0) is 30.7 Å². The number of sulfone groups is 1. The van der Waals surface area contributed by atoms with E-state index in [-0.39, 0.29) is 23.5 Å². The fraction of sp³-hybridized carbons (Fsp3) is 0.333. The molecule has 1 unspecified atom stereocenters. The Balaban J connectivity index is 1.70. The average molecular weight is 375 g/mol. The highest BCUT2D eigenvalue weighted by Gasteiger charge is 2.33. The number of hydrogen-bond donors (Lipinski definition) is 1. The quantitative estimate of drug-likeness (QED) is 0.861. The van der Waals surface area contributed by atoms with Gasteiger partial charge in [0.05, 0.1) is 29.9 Å². The van der Waals surface area contributed by atoms with Crippen molar-refractivity contribution < 1.29 is 17.9 Å². The van der Waals surface area contributed by atoms with Crippen molar-refractivity contribution in [3.8, 4) is 5.75 Å². The molecule has 1 N–H and O–H groups in total. The van der Waals surface area contributed by atoms with Crippen molar-refractivity contribution in [3.05, 3.63) is 48.2 Å². The summed E-state index contributed by atoms with van der Waals surface area (Å²) < 4.78 is 28.5. The molecular formula is C18H21N3O4S. The molecule has 3 rings (SSSR count). The zero-order chi connectivity index (χ0) is 18.7. The summed E-state index contributed by atoms with van der Waals surface area (Å²) in [5, 5.41) is 3.14. The summed E-state index contributed by atoms with van der Waals surface area (Å²) in [4.78, 5) is 18.3. The number of nitrogens with zero attached hydrogens (tertiary/aromatic N) is 2. The van der Waals surface area contributed by atoms with Gasteiger partial charge in [-0.2, -0.15) is 0 Å². The Labute approximate surface area is 152 Å². The summed E-state index contributed by atoms with van der Waals surface area (Å²) in [7, 11) is 0.190. The van der Waals surface area contributed by atoms with E-state index in [1.165, 1.54) is 11.1 Å². The van der Waals surface area contributed by atoms with Gasteiger partial charge in [0.15, 0.2) is 9.84 Å². The van der Waals surface area contributed by atoms with Gasteiger partial charge in [0.1, 0.15) is 11.6 Å². The number of hydrogen-bond acceptors (Lipinski definition) is 6. The first-order valence-corrected chi connectivity index (χ1v) is 10.1. The highest BCUT2D eigenvalue weighted by Crippen LogP contribution is 2.26. The van der Waals surface area contributed by atoms with Gasteiger partial charge < -0.3 is 15.0 Å². The highest BCUT2D eigenvalue weighted by atomic mass is 32.2. The minimum absolute atomic E-state index is 0.0239. The van der Waals surface area contributed by atoms with Crippen molar-refractivity contribution in [1.29, 1.82) is 0 Å². The first-order chi connectivity index (χ1) is 12.4. The van der Waals surface area contributed by atoms with Crippen LogP contribution in [0.3, 0.4) is 0 Å². The van der Waals surface area contributed by atoms with Gasteiger partial charge in [0.25, 0.3) is 5.91 Å². The molecule has 7 nitrogen and oxygen atoms in total. The zero-order valence-electron chi connectivity index (χ0n) is 14.7. The summed E-state index contributed by atoms with van der Waals surface area (Å²) in [6.07, 6.45) is 1.96. The third kappa shape index (κ3) is 3.96. The molecule has 1 amide bonds. The minimum atomic E-state index is -3.04. The first kappa shape index (κ1) is 18.2. The molecular weight excluding hydrogens is 354 g/mol. The van der Waals surface area contributed by atoms with Gasteiger partial charge >= 0.3 is 0 Å². The van der Waals surface area contributed by atoms with E-state index in [4.69, 9.17) is 4.74 Å². The Bertz CT molecular complexity index is 897. The fourth-order valence-electron chi connectivity index (χ4n) is 2.93. The summed E-state index contributed by atoms with van der Waals surface area (Å²) in [6, 6.07) is 10.6. The number of para-hydroxylation sites is 2. The molecule has 0 spiro atoms. The van der Waals surface area contributed by atoms with Crippen molar-refractivity contribution in [1.82, 2.24) is 9.88 Å². The monoisotopic (exact) mass is 375 g/mol. The Morgan fingerprint density at radius 2 is 2.04 bits per heavy atom. The van der Waals surface area contributed by atoms with E-state index in [2.05, 4.69) is 10.3 Å².